The van der Waals surface area contributed by atoms with Crippen LogP contribution in [0.2, 0.25) is 0 Å². The quantitative estimate of drug-likeness (QED) is 0.205. The summed E-state index contributed by atoms with van der Waals surface area (Å²) in [5, 5.41) is 21.1. The van der Waals surface area contributed by atoms with E-state index in [9.17, 15) is 24.3 Å². The summed E-state index contributed by atoms with van der Waals surface area (Å²) in [4.78, 5) is 53.1. The van der Waals surface area contributed by atoms with Gasteiger partial charge in [0.15, 0.2) is 6.10 Å². The summed E-state index contributed by atoms with van der Waals surface area (Å²) in [5.41, 5.74) is 9.80. The molecule has 1 aromatic heterocycles. The van der Waals surface area contributed by atoms with Gasteiger partial charge in [-0.2, -0.15) is 10.1 Å². The number of hydrogen-bond acceptors (Lipinski definition) is 6. The second-order valence-corrected chi connectivity index (χ2v) is 6.53. The van der Waals surface area contributed by atoms with Gasteiger partial charge in [0.1, 0.15) is 12.5 Å². The van der Waals surface area contributed by atoms with Crippen LogP contribution in [0.4, 0.5) is 0 Å². The van der Waals surface area contributed by atoms with Gasteiger partial charge in [0.05, 0.1) is 6.07 Å². The van der Waals surface area contributed by atoms with Crippen molar-refractivity contribution >= 4 is 40.7 Å². The fourth-order valence-electron chi connectivity index (χ4n) is 2.89. The normalized spacial score (nSPS) is 12.1. The summed E-state index contributed by atoms with van der Waals surface area (Å²) >= 11 is 0. The SMILES string of the molecule is N#CCC(=O)OC(Cc1c[nH]c2ccccc12)C(=O)NC(CCC(=O)C=[N+]=[N-])C(=O)O. The predicted octanol–water partition coefficient (Wildman–Crippen LogP) is 0.755. The van der Waals surface area contributed by atoms with E-state index in [0.29, 0.717) is 11.8 Å². The summed E-state index contributed by atoms with van der Waals surface area (Å²) in [6.45, 7) is 0. The van der Waals surface area contributed by atoms with Crippen molar-refractivity contribution in [2.45, 2.75) is 37.8 Å². The Kier molecular flexibility index (Phi) is 8.19. The summed E-state index contributed by atoms with van der Waals surface area (Å²) in [7, 11) is 0. The molecule has 0 radical (unpaired) electrons. The molecule has 0 bridgehead atoms. The summed E-state index contributed by atoms with van der Waals surface area (Å²) in [5.74, 6) is -3.83. The molecule has 0 aliphatic rings. The molecule has 160 valence electrons. The fourth-order valence-corrected chi connectivity index (χ4v) is 2.89. The Morgan fingerprint density at radius 3 is 2.74 bits per heavy atom. The first kappa shape index (κ1) is 23.0. The lowest BCUT2D eigenvalue weighted by molar-refractivity contribution is -0.156. The first-order chi connectivity index (χ1) is 14.8. The molecule has 2 unspecified atom stereocenters. The number of nitrogens with zero attached hydrogens (tertiary/aromatic N) is 3. The maximum absolute atomic E-state index is 12.7. The Bertz CT molecular complexity index is 1080. The first-order valence-electron chi connectivity index (χ1n) is 9.20. The Hall–Kier alpha value is -4.29. The van der Waals surface area contributed by atoms with Crippen LogP contribution in [0, 0.1) is 11.3 Å². The molecule has 2 rings (SSSR count). The molecule has 11 nitrogen and oxygen atoms in total. The van der Waals surface area contributed by atoms with E-state index < -0.39 is 42.2 Å². The van der Waals surface area contributed by atoms with Gasteiger partial charge in [0.25, 0.3) is 5.91 Å². The number of nitrogens with one attached hydrogen (secondary N) is 2. The van der Waals surface area contributed by atoms with E-state index in [1.807, 2.05) is 18.2 Å². The molecule has 3 N–H and O–H groups in total. The lowest BCUT2D eigenvalue weighted by atomic mass is 10.0. The molecule has 11 heteroatoms. The number of carbonyl (C=O) groups is 4. The molecule has 0 saturated heterocycles. The second-order valence-electron chi connectivity index (χ2n) is 6.53. The molecule has 0 aliphatic heterocycles. The number of rotatable bonds is 11. The van der Waals surface area contributed by atoms with Crippen LogP contribution >= 0.6 is 0 Å². The number of fused-ring (bicyclic) bond motifs is 1. The number of aromatic nitrogens is 1. The van der Waals surface area contributed by atoms with Crippen LogP contribution in [-0.2, 0) is 30.3 Å². The maximum atomic E-state index is 12.7. The molecule has 0 saturated carbocycles. The number of ketones is 1. The molecule has 31 heavy (non-hydrogen) atoms. The predicted molar refractivity (Wildman–Crippen MR) is 106 cm³/mol. The Labute approximate surface area is 176 Å². The number of carboxylic acid groups (broad SMARTS) is 1. The molecular formula is C20H19N5O6. The van der Waals surface area contributed by atoms with E-state index in [1.54, 1.807) is 18.3 Å². The van der Waals surface area contributed by atoms with Crippen molar-refractivity contribution in [3.8, 4) is 6.07 Å². The number of aliphatic carboxylic acids is 1. The van der Waals surface area contributed by atoms with Crippen molar-refractivity contribution in [1.82, 2.24) is 10.3 Å². The summed E-state index contributed by atoms with van der Waals surface area (Å²) in [6, 6.07) is 7.43. The molecule has 1 heterocycles. The van der Waals surface area contributed by atoms with Crippen LogP contribution in [0.3, 0.4) is 0 Å². The number of ether oxygens (including phenoxy) is 1. The minimum absolute atomic E-state index is 0.0601. The molecule has 2 atom stereocenters. The van der Waals surface area contributed by atoms with Crippen molar-refractivity contribution in [3.05, 3.63) is 41.6 Å². The third-order valence-corrected chi connectivity index (χ3v) is 4.37. The Morgan fingerprint density at radius 1 is 1.32 bits per heavy atom. The number of aromatic amines is 1. The minimum atomic E-state index is -1.44. The third kappa shape index (κ3) is 6.62. The maximum Gasteiger partial charge on any atom is 0.326 e. The number of H-pyrrole nitrogens is 1. The molecule has 2 aromatic rings. The monoisotopic (exact) mass is 425 g/mol. The number of carboxylic acids is 1. The van der Waals surface area contributed by atoms with Gasteiger partial charge in [-0.25, -0.2) is 4.79 Å². The summed E-state index contributed by atoms with van der Waals surface area (Å²) in [6.07, 6.45) is -0.309. The number of para-hydroxylation sites is 1. The minimum Gasteiger partial charge on any atom is -0.480 e. The van der Waals surface area contributed by atoms with Gasteiger partial charge in [0.2, 0.25) is 5.78 Å². The van der Waals surface area contributed by atoms with Crippen LogP contribution < -0.4 is 5.32 Å². The molecule has 1 aromatic carbocycles. The molecular weight excluding hydrogens is 406 g/mol. The number of esters is 1. The highest BCUT2D eigenvalue weighted by molar-refractivity contribution is 6.25. The van der Waals surface area contributed by atoms with Gasteiger partial charge < -0.3 is 25.7 Å². The van der Waals surface area contributed by atoms with E-state index in [1.165, 1.54) is 0 Å². The third-order valence-electron chi connectivity index (χ3n) is 4.37. The van der Waals surface area contributed by atoms with Crippen LogP contribution in [0.25, 0.3) is 16.4 Å². The number of Topliss-reactive ketones (excluding diaryl/α,β-unsaturated/α-hetero) is 1. The number of nitriles is 1. The fraction of sp³-hybridized carbons (Fsp3) is 0.300. The second kappa shape index (κ2) is 11.0. The largest absolute Gasteiger partial charge is 0.480 e. The van der Waals surface area contributed by atoms with Crippen LogP contribution in [0.15, 0.2) is 30.5 Å². The number of amides is 1. The molecule has 0 aliphatic carbocycles. The van der Waals surface area contributed by atoms with Crippen molar-refractivity contribution in [3.63, 3.8) is 0 Å². The zero-order valence-corrected chi connectivity index (χ0v) is 16.3. The van der Waals surface area contributed by atoms with Gasteiger partial charge in [-0.05, 0) is 18.1 Å². The lowest BCUT2D eigenvalue weighted by Crippen LogP contribution is -2.47. The van der Waals surface area contributed by atoms with E-state index in [2.05, 4.69) is 15.1 Å². The summed E-state index contributed by atoms with van der Waals surface area (Å²) < 4.78 is 5.12. The Morgan fingerprint density at radius 2 is 2.06 bits per heavy atom. The van der Waals surface area contributed by atoms with Crippen molar-refractivity contribution in [1.29, 1.82) is 5.26 Å². The standard InChI is InChI=1S/C20H19N5O6/c21-8-7-18(27)31-17(9-12-10-23-15-4-2-1-3-14(12)15)19(28)25-16(20(29)30)6-5-13(26)11-24-22/h1-4,10-11,16-17,23H,5-7,9H2,(H,25,28)(H,29,30). The van der Waals surface area contributed by atoms with Crippen LogP contribution in [-0.4, -0.2) is 56.9 Å². The number of hydrogen-bond donors (Lipinski definition) is 3. The van der Waals surface area contributed by atoms with E-state index in [0.717, 1.165) is 10.9 Å². The van der Waals surface area contributed by atoms with E-state index >= 15 is 0 Å². The zero-order valence-electron chi connectivity index (χ0n) is 16.3. The lowest BCUT2D eigenvalue weighted by Gasteiger charge is -2.20. The Balaban J connectivity index is 2.19. The van der Waals surface area contributed by atoms with Crippen molar-refractivity contribution in [2.24, 2.45) is 0 Å². The van der Waals surface area contributed by atoms with E-state index in [-0.39, 0.29) is 19.3 Å². The van der Waals surface area contributed by atoms with E-state index in [4.69, 9.17) is 15.5 Å². The van der Waals surface area contributed by atoms with Crippen molar-refractivity contribution < 1.29 is 33.8 Å². The molecule has 0 fully saturated rings. The smallest absolute Gasteiger partial charge is 0.326 e. The highest BCUT2D eigenvalue weighted by atomic mass is 16.5. The zero-order chi connectivity index (χ0) is 22.8. The molecule has 1 amide bonds. The van der Waals surface area contributed by atoms with Crippen molar-refractivity contribution in [2.75, 3.05) is 0 Å². The first-order valence-corrected chi connectivity index (χ1v) is 9.20. The topological polar surface area (TPSA) is 186 Å². The van der Waals surface area contributed by atoms with Gasteiger partial charge in [-0.15, -0.1) is 0 Å². The van der Waals surface area contributed by atoms with Crippen LogP contribution in [0.5, 0.6) is 0 Å². The van der Waals surface area contributed by atoms with Gasteiger partial charge in [0, 0.05) is 29.9 Å². The highest BCUT2D eigenvalue weighted by Crippen LogP contribution is 2.20. The van der Waals surface area contributed by atoms with Crippen LogP contribution in [0.1, 0.15) is 24.8 Å². The van der Waals surface area contributed by atoms with Gasteiger partial charge in [-0.1, -0.05) is 18.2 Å². The average molecular weight is 425 g/mol. The average Bonchev–Trinajstić information content (AvgIpc) is 3.13. The number of benzene rings is 1. The number of carbonyl (C=O) groups excluding carboxylic acids is 3. The molecule has 0 spiro atoms. The van der Waals surface area contributed by atoms with Gasteiger partial charge in [-0.3, -0.25) is 14.4 Å². The van der Waals surface area contributed by atoms with Gasteiger partial charge >= 0.3 is 18.2 Å². The highest BCUT2D eigenvalue weighted by Gasteiger charge is 2.29.